The van der Waals surface area contributed by atoms with Gasteiger partial charge in [-0.25, -0.2) is 9.78 Å². The zero-order chi connectivity index (χ0) is 20.8. The summed E-state index contributed by atoms with van der Waals surface area (Å²) >= 11 is 1.55. The first-order valence-electron chi connectivity index (χ1n) is 9.45. The quantitative estimate of drug-likeness (QED) is 0.482. The smallest absolute Gasteiger partial charge is 0.267 e. The lowest BCUT2D eigenvalue weighted by Crippen LogP contribution is -2.10. The zero-order valence-electron chi connectivity index (χ0n) is 16.3. The van der Waals surface area contributed by atoms with Crippen molar-refractivity contribution in [2.24, 2.45) is 7.05 Å². The van der Waals surface area contributed by atoms with Crippen LogP contribution in [0.4, 0.5) is 0 Å². The van der Waals surface area contributed by atoms with Gasteiger partial charge in [-0.2, -0.15) is 10.4 Å². The molecule has 0 spiro atoms. The number of nitriles is 1. The summed E-state index contributed by atoms with van der Waals surface area (Å²) < 4.78 is 2.74. The van der Waals surface area contributed by atoms with Crippen molar-refractivity contribution in [2.45, 2.75) is 13.3 Å². The molecule has 0 aliphatic rings. The first-order valence-corrected chi connectivity index (χ1v) is 10.3. The molecule has 3 heterocycles. The maximum atomic E-state index is 12.2. The SMILES string of the molecule is CCc1n[nH]c(=O)c2ccc(-c3nnn(C)c3-c3sc4ccccc4c3C#N)cc12. The summed E-state index contributed by atoms with van der Waals surface area (Å²) in [4.78, 5) is 13.0. The van der Waals surface area contributed by atoms with Crippen LogP contribution in [0.25, 0.3) is 42.7 Å². The standard InChI is InChI=1S/C22H16N6OS/c1-3-17-15-10-12(8-9-14(15)22(29)26-24-17)19-20(28(2)27-25-19)21-16(11-23)13-6-4-5-7-18(13)30-21/h4-10H,3H2,1-2H3,(H,26,29). The fourth-order valence-corrected chi connectivity index (χ4v) is 5.00. The molecular formula is C22H16N6OS. The first kappa shape index (κ1) is 18.2. The zero-order valence-corrected chi connectivity index (χ0v) is 17.1. The fourth-order valence-electron chi connectivity index (χ4n) is 3.77. The largest absolute Gasteiger partial charge is 0.272 e. The van der Waals surface area contributed by atoms with E-state index in [0.717, 1.165) is 37.3 Å². The summed E-state index contributed by atoms with van der Waals surface area (Å²) in [5.74, 6) is 0. The third-order valence-electron chi connectivity index (χ3n) is 5.22. The molecule has 5 aromatic rings. The Hall–Kier alpha value is -3.83. The molecule has 0 saturated heterocycles. The van der Waals surface area contributed by atoms with Gasteiger partial charge in [0.05, 0.1) is 21.5 Å². The van der Waals surface area contributed by atoms with E-state index in [1.165, 1.54) is 0 Å². The molecule has 146 valence electrons. The van der Waals surface area contributed by atoms with Gasteiger partial charge in [0, 0.05) is 28.1 Å². The molecule has 3 aromatic heterocycles. The van der Waals surface area contributed by atoms with Crippen molar-refractivity contribution < 1.29 is 0 Å². The summed E-state index contributed by atoms with van der Waals surface area (Å²) in [5.41, 5.74) is 3.50. The molecule has 0 radical (unpaired) electrons. The second-order valence-corrected chi connectivity index (χ2v) is 7.99. The van der Waals surface area contributed by atoms with Crippen LogP contribution >= 0.6 is 11.3 Å². The molecule has 2 aromatic carbocycles. The van der Waals surface area contributed by atoms with Gasteiger partial charge in [-0.05, 0) is 24.6 Å². The van der Waals surface area contributed by atoms with E-state index < -0.39 is 0 Å². The Morgan fingerprint density at radius 3 is 2.80 bits per heavy atom. The summed E-state index contributed by atoms with van der Waals surface area (Å²) in [6, 6.07) is 15.8. The van der Waals surface area contributed by atoms with Crippen molar-refractivity contribution in [2.75, 3.05) is 0 Å². The number of thiophene rings is 1. The van der Waals surface area contributed by atoms with Crippen LogP contribution in [0.5, 0.6) is 0 Å². The molecular weight excluding hydrogens is 396 g/mol. The van der Waals surface area contributed by atoms with Gasteiger partial charge in [0.15, 0.2) is 0 Å². The highest BCUT2D eigenvalue weighted by molar-refractivity contribution is 7.22. The number of nitrogens with zero attached hydrogens (tertiary/aromatic N) is 5. The molecule has 0 fully saturated rings. The van der Waals surface area contributed by atoms with Gasteiger partial charge < -0.3 is 0 Å². The number of aromatic nitrogens is 5. The van der Waals surface area contributed by atoms with Gasteiger partial charge >= 0.3 is 0 Å². The van der Waals surface area contributed by atoms with E-state index in [-0.39, 0.29) is 5.56 Å². The number of hydrogen-bond acceptors (Lipinski definition) is 6. The first-order chi connectivity index (χ1) is 14.6. The minimum Gasteiger partial charge on any atom is -0.267 e. The minimum absolute atomic E-state index is 0.218. The second kappa shape index (κ2) is 6.90. The van der Waals surface area contributed by atoms with Crippen LogP contribution in [-0.4, -0.2) is 25.2 Å². The minimum atomic E-state index is -0.218. The van der Waals surface area contributed by atoms with Crippen LogP contribution < -0.4 is 5.56 Å². The average Bonchev–Trinajstić information content (AvgIpc) is 3.33. The maximum Gasteiger partial charge on any atom is 0.272 e. The number of fused-ring (bicyclic) bond motifs is 2. The van der Waals surface area contributed by atoms with Gasteiger partial charge in [0.25, 0.3) is 5.56 Å². The van der Waals surface area contributed by atoms with Crippen molar-refractivity contribution in [3.63, 3.8) is 0 Å². The average molecular weight is 412 g/mol. The molecule has 0 unspecified atom stereocenters. The van der Waals surface area contributed by atoms with Crippen molar-refractivity contribution in [1.29, 1.82) is 5.26 Å². The molecule has 0 atom stereocenters. The van der Waals surface area contributed by atoms with Gasteiger partial charge in [-0.1, -0.05) is 36.4 Å². The predicted molar refractivity (Wildman–Crippen MR) is 117 cm³/mol. The molecule has 0 saturated carbocycles. The van der Waals surface area contributed by atoms with Gasteiger partial charge in [-0.3, -0.25) is 4.79 Å². The number of hydrogen-bond donors (Lipinski definition) is 1. The van der Waals surface area contributed by atoms with E-state index in [1.54, 1.807) is 22.1 Å². The van der Waals surface area contributed by atoms with Gasteiger partial charge in [-0.15, -0.1) is 16.4 Å². The molecule has 0 amide bonds. The molecule has 7 nitrogen and oxygen atoms in total. The number of rotatable bonds is 3. The van der Waals surface area contributed by atoms with E-state index in [1.807, 2.05) is 50.4 Å². The number of H-pyrrole nitrogens is 1. The molecule has 0 bridgehead atoms. The van der Waals surface area contributed by atoms with Crippen LogP contribution in [0.2, 0.25) is 0 Å². The highest BCUT2D eigenvalue weighted by atomic mass is 32.1. The number of aromatic amines is 1. The maximum absolute atomic E-state index is 12.2. The summed E-state index contributed by atoms with van der Waals surface area (Å²) in [7, 11) is 1.82. The van der Waals surface area contributed by atoms with Crippen LogP contribution in [0.1, 0.15) is 18.2 Å². The van der Waals surface area contributed by atoms with E-state index in [9.17, 15) is 10.1 Å². The number of aryl methyl sites for hydroxylation is 2. The summed E-state index contributed by atoms with van der Waals surface area (Å²) in [5, 5.41) is 27.5. The number of nitrogens with one attached hydrogen (secondary N) is 1. The lowest BCUT2D eigenvalue weighted by molar-refractivity contribution is 0.721. The van der Waals surface area contributed by atoms with E-state index in [4.69, 9.17) is 0 Å². The molecule has 8 heteroatoms. The molecule has 30 heavy (non-hydrogen) atoms. The van der Waals surface area contributed by atoms with Crippen molar-refractivity contribution in [3.8, 4) is 27.9 Å². The van der Waals surface area contributed by atoms with E-state index >= 15 is 0 Å². The lowest BCUT2D eigenvalue weighted by atomic mass is 10.0. The normalized spacial score (nSPS) is 11.2. The summed E-state index contributed by atoms with van der Waals surface area (Å²) in [6.45, 7) is 2.00. The van der Waals surface area contributed by atoms with Crippen LogP contribution in [0.3, 0.4) is 0 Å². The van der Waals surface area contributed by atoms with Crippen molar-refractivity contribution in [3.05, 3.63) is 64.1 Å². The van der Waals surface area contributed by atoms with Crippen molar-refractivity contribution >= 4 is 32.2 Å². The highest BCUT2D eigenvalue weighted by Crippen LogP contribution is 2.41. The third kappa shape index (κ3) is 2.64. The van der Waals surface area contributed by atoms with Crippen molar-refractivity contribution in [1.82, 2.24) is 25.2 Å². The highest BCUT2D eigenvalue weighted by Gasteiger charge is 2.22. The third-order valence-corrected chi connectivity index (χ3v) is 6.40. The van der Waals surface area contributed by atoms with E-state index in [0.29, 0.717) is 23.1 Å². The Morgan fingerprint density at radius 2 is 2.00 bits per heavy atom. The van der Waals surface area contributed by atoms with Crippen LogP contribution in [0.15, 0.2) is 47.3 Å². The fraction of sp³-hybridized carbons (Fsp3) is 0.136. The summed E-state index contributed by atoms with van der Waals surface area (Å²) in [6.07, 6.45) is 0.693. The Kier molecular flexibility index (Phi) is 4.19. The molecule has 5 rings (SSSR count). The molecule has 0 aliphatic carbocycles. The Bertz CT molecular complexity index is 1540. The van der Waals surface area contributed by atoms with Crippen LogP contribution in [0, 0.1) is 11.3 Å². The Labute approximate surface area is 175 Å². The second-order valence-electron chi connectivity index (χ2n) is 6.94. The van der Waals surface area contributed by atoms with E-state index in [2.05, 4.69) is 26.6 Å². The number of benzene rings is 2. The Morgan fingerprint density at radius 1 is 1.17 bits per heavy atom. The van der Waals surface area contributed by atoms with Crippen LogP contribution in [-0.2, 0) is 13.5 Å². The molecule has 1 N–H and O–H groups in total. The predicted octanol–water partition coefficient (Wildman–Crippen LogP) is 4.03. The van der Waals surface area contributed by atoms with Gasteiger partial charge in [0.1, 0.15) is 17.5 Å². The van der Waals surface area contributed by atoms with Gasteiger partial charge in [0.2, 0.25) is 0 Å². The monoisotopic (exact) mass is 412 g/mol. The Balaban J connectivity index is 1.79. The topological polar surface area (TPSA) is 100 Å². The molecule has 0 aliphatic heterocycles. The lowest BCUT2D eigenvalue weighted by Gasteiger charge is -2.07.